The van der Waals surface area contributed by atoms with Crippen molar-refractivity contribution in [2.75, 3.05) is 39.5 Å². The summed E-state index contributed by atoms with van der Waals surface area (Å²) < 4.78 is 0. The van der Waals surface area contributed by atoms with Crippen molar-refractivity contribution >= 4 is 17.3 Å². The molecule has 0 unspecified atom stereocenters. The van der Waals surface area contributed by atoms with Gasteiger partial charge in [-0.2, -0.15) is 0 Å². The summed E-state index contributed by atoms with van der Waals surface area (Å²) >= 11 is 5.32. The first-order valence-electron chi connectivity index (χ1n) is 7.31. The van der Waals surface area contributed by atoms with E-state index in [1.165, 1.54) is 64.7 Å². The highest BCUT2D eigenvalue weighted by Crippen LogP contribution is 2.07. The van der Waals surface area contributed by atoms with E-state index in [1.807, 2.05) is 0 Å². The van der Waals surface area contributed by atoms with Gasteiger partial charge in [0.1, 0.15) is 0 Å². The molecule has 2 fully saturated rings. The van der Waals surface area contributed by atoms with Crippen molar-refractivity contribution in [2.45, 2.75) is 38.5 Å². The lowest BCUT2D eigenvalue weighted by atomic mass is 10.1. The van der Waals surface area contributed by atoms with Gasteiger partial charge in [-0.05, 0) is 64.1 Å². The number of hydrogen-bond acceptors (Lipinski definition) is 3. The fraction of sp³-hybridized carbons (Fsp3) is 0.923. The van der Waals surface area contributed by atoms with E-state index in [-0.39, 0.29) is 0 Å². The first kappa shape index (κ1) is 14.0. The molecule has 0 aromatic heterocycles. The Morgan fingerprint density at radius 3 is 1.50 bits per heavy atom. The lowest BCUT2D eigenvalue weighted by molar-refractivity contribution is 0.217. The number of nitrogens with one attached hydrogen (secondary N) is 2. The minimum Gasteiger partial charge on any atom is -0.350 e. The minimum absolute atomic E-state index is 0.797. The zero-order valence-electron chi connectivity index (χ0n) is 11.3. The number of piperidine rings is 2. The van der Waals surface area contributed by atoms with Gasteiger partial charge in [0.2, 0.25) is 0 Å². The van der Waals surface area contributed by atoms with Gasteiger partial charge in [0, 0.05) is 0 Å². The summed E-state index contributed by atoms with van der Waals surface area (Å²) in [6, 6.07) is 0. The third-order valence-electron chi connectivity index (χ3n) is 3.82. The average Bonchev–Trinajstić information content (AvgIpc) is 2.45. The van der Waals surface area contributed by atoms with Crippen molar-refractivity contribution in [1.29, 1.82) is 0 Å². The number of nitrogens with zero attached hydrogens (tertiary/aromatic N) is 2. The molecule has 0 aliphatic carbocycles. The van der Waals surface area contributed by atoms with E-state index in [9.17, 15) is 0 Å². The Morgan fingerprint density at radius 2 is 1.11 bits per heavy atom. The first-order valence-corrected chi connectivity index (χ1v) is 7.72. The van der Waals surface area contributed by atoms with E-state index >= 15 is 0 Å². The summed E-state index contributed by atoms with van der Waals surface area (Å²) in [5, 5.41) is 7.42. The first-order chi connectivity index (χ1) is 8.84. The van der Waals surface area contributed by atoms with Gasteiger partial charge in [0.25, 0.3) is 0 Å². The Balaban J connectivity index is 1.54. The fourth-order valence-electron chi connectivity index (χ4n) is 2.66. The predicted molar refractivity (Wildman–Crippen MR) is 79.5 cm³/mol. The Bertz CT molecular complexity index is 223. The fourth-order valence-corrected chi connectivity index (χ4v) is 2.79. The topological polar surface area (TPSA) is 30.5 Å². The lowest BCUT2D eigenvalue weighted by Crippen LogP contribution is -2.47. The molecule has 18 heavy (non-hydrogen) atoms. The molecule has 2 rings (SSSR count). The Kier molecular flexibility index (Phi) is 6.17. The van der Waals surface area contributed by atoms with Crippen LogP contribution in [-0.4, -0.2) is 54.4 Å². The maximum atomic E-state index is 5.32. The molecule has 0 atom stereocenters. The van der Waals surface area contributed by atoms with E-state index in [0.717, 1.165) is 18.4 Å². The van der Waals surface area contributed by atoms with E-state index < -0.39 is 0 Å². The molecule has 2 heterocycles. The van der Waals surface area contributed by atoms with Crippen LogP contribution in [-0.2, 0) is 0 Å². The van der Waals surface area contributed by atoms with E-state index in [4.69, 9.17) is 12.2 Å². The summed E-state index contributed by atoms with van der Waals surface area (Å²) in [6.07, 6.45) is 8.08. The van der Waals surface area contributed by atoms with Crippen LogP contribution in [0.25, 0.3) is 0 Å². The molecule has 2 N–H and O–H groups in total. The Labute approximate surface area is 116 Å². The molecule has 2 saturated heterocycles. The van der Waals surface area contributed by atoms with Crippen LogP contribution in [0.5, 0.6) is 0 Å². The normalized spacial score (nSPS) is 22.7. The molecule has 4 nitrogen and oxygen atoms in total. The molecule has 0 spiro atoms. The molecule has 0 amide bonds. The third-order valence-corrected chi connectivity index (χ3v) is 4.11. The number of thiocarbonyl (C=S) groups is 1. The second kappa shape index (κ2) is 7.92. The van der Waals surface area contributed by atoms with Gasteiger partial charge in [0.15, 0.2) is 5.11 Å². The molecule has 0 saturated carbocycles. The summed E-state index contributed by atoms with van der Waals surface area (Å²) in [4.78, 5) is 4.89. The van der Waals surface area contributed by atoms with Crippen LogP contribution in [0.1, 0.15) is 38.5 Å². The zero-order chi connectivity index (χ0) is 12.6. The van der Waals surface area contributed by atoms with Gasteiger partial charge < -0.3 is 10.6 Å². The van der Waals surface area contributed by atoms with Crippen LogP contribution in [0.2, 0.25) is 0 Å². The van der Waals surface area contributed by atoms with Crippen molar-refractivity contribution in [1.82, 2.24) is 20.4 Å². The molecular weight excluding hydrogens is 244 g/mol. The maximum Gasteiger partial charge on any atom is 0.168 e. The molecule has 0 radical (unpaired) electrons. The smallest absolute Gasteiger partial charge is 0.168 e. The van der Waals surface area contributed by atoms with Gasteiger partial charge in [-0.15, -0.1) is 0 Å². The van der Waals surface area contributed by atoms with Gasteiger partial charge in [0.05, 0.1) is 13.3 Å². The minimum atomic E-state index is 0.797. The van der Waals surface area contributed by atoms with Gasteiger partial charge in [-0.25, -0.2) is 0 Å². The Hall–Kier alpha value is -0.390. The summed E-state index contributed by atoms with van der Waals surface area (Å²) in [6.45, 7) is 6.63. The molecule has 0 aromatic rings. The number of hydrogen-bond donors (Lipinski definition) is 2. The summed E-state index contributed by atoms with van der Waals surface area (Å²) in [7, 11) is 0. The van der Waals surface area contributed by atoms with Gasteiger partial charge in [-0.1, -0.05) is 12.8 Å². The molecule has 0 bridgehead atoms. The largest absolute Gasteiger partial charge is 0.350 e. The second-order valence-corrected chi connectivity index (χ2v) is 5.76. The van der Waals surface area contributed by atoms with Crippen molar-refractivity contribution in [3.8, 4) is 0 Å². The quantitative estimate of drug-likeness (QED) is 0.753. The van der Waals surface area contributed by atoms with Crippen molar-refractivity contribution < 1.29 is 0 Å². The van der Waals surface area contributed by atoms with Crippen LogP contribution >= 0.6 is 12.2 Å². The lowest BCUT2D eigenvalue weighted by Gasteiger charge is -2.29. The number of rotatable bonds is 4. The van der Waals surface area contributed by atoms with Crippen molar-refractivity contribution in [3.05, 3.63) is 0 Å². The van der Waals surface area contributed by atoms with E-state index in [1.54, 1.807) is 0 Å². The standard InChI is InChI=1S/C13H26N4S/c18-13(14-11-16-7-3-1-4-8-16)15-12-17-9-5-2-6-10-17/h1-12H2,(H2,14,15,18). The van der Waals surface area contributed by atoms with Gasteiger partial charge >= 0.3 is 0 Å². The molecule has 2 aliphatic heterocycles. The van der Waals surface area contributed by atoms with E-state index in [2.05, 4.69) is 20.4 Å². The number of likely N-dealkylation sites (tertiary alicyclic amines) is 2. The predicted octanol–water partition coefficient (Wildman–Crippen LogP) is 1.34. The highest BCUT2D eigenvalue weighted by Gasteiger charge is 2.11. The summed E-state index contributed by atoms with van der Waals surface area (Å²) in [5.41, 5.74) is 0. The Morgan fingerprint density at radius 1 is 0.722 bits per heavy atom. The maximum absolute atomic E-state index is 5.32. The van der Waals surface area contributed by atoms with Crippen LogP contribution < -0.4 is 10.6 Å². The van der Waals surface area contributed by atoms with Crippen LogP contribution in [0.3, 0.4) is 0 Å². The second-order valence-electron chi connectivity index (χ2n) is 5.36. The third kappa shape index (κ3) is 5.08. The monoisotopic (exact) mass is 270 g/mol. The molecule has 104 valence electrons. The molecular formula is C13H26N4S. The highest BCUT2D eigenvalue weighted by molar-refractivity contribution is 7.80. The van der Waals surface area contributed by atoms with E-state index in [0.29, 0.717) is 0 Å². The van der Waals surface area contributed by atoms with Crippen LogP contribution in [0, 0.1) is 0 Å². The average molecular weight is 270 g/mol. The molecule has 2 aliphatic rings. The van der Waals surface area contributed by atoms with Crippen LogP contribution in [0.15, 0.2) is 0 Å². The zero-order valence-corrected chi connectivity index (χ0v) is 12.1. The van der Waals surface area contributed by atoms with Crippen molar-refractivity contribution in [3.63, 3.8) is 0 Å². The summed E-state index contributed by atoms with van der Waals surface area (Å²) in [5.74, 6) is 0. The molecule has 0 aromatic carbocycles. The van der Waals surface area contributed by atoms with Crippen molar-refractivity contribution in [2.24, 2.45) is 0 Å². The molecule has 5 heteroatoms. The van der Waals surface area contributed by atoms with Crippen LogP contribution in [0.4, 0.5) is 0 Å². The van der Waals surface area contributed by atoms with Gasteiger partial charge in [-0.3, -0.25) is 9.80 Å². The highest BCUT2D eigenvalue weighted by atomic mass is 32.1. The SMILES string of the molecule is S=C(NCN1CCCCC1)NCN1CCCCC1.